The zero-order valence-corrected chi connectivity index (χ0v) is 37.7. The molecule has 0 saturated carbocycles. The molecule has 0 saturated heterocycles. The molecule has 0 spiro atoms. The Morgan fingerprint density at radius 1 is 0.343 bits per heavy atom. The molecule has 1 aliphatic rings. The number of furan rings is 2. The molecule has 0 atom stereocenters. The fourth-order valence-electron chi connectivity index (χ4n) is 10.9. The Morgan fingerprint density at radius 2 is 0.900 bits per heavy atom. The van der Waals surface area contributed by atoms with Crippen molar-refractivity contribution in [3.05, 3.63) is 212 Å². The molecule has 0 N–H and O–H groups in total. The van der Waals surface area contributed by atoms with Crippen molar-refractivity contribution in [1.82, 2.24) is 24.1 Å². The lowest BCUT2D eigenvalue weighted by Crippen LogP contribution is -2.01. The first-order valence-corrected chi connectivity index (χ1v) is 23.8. The third-order valence-corrected chi connectivity index (χ3v) is 14.2. The topological polar surface area (TPSA) is 74.8 Å². The average Bonchev–Trinajstić information content (AvgIpc) is 4.17. The highest BCUT2D eigenvalue weighted by atomic mass is 16.3. The predicted octanol–water partition coefficient (Wildman–Crippen LogP) is 16.7. The Kier molecular flexibility index (Phi) is 8.35. The van der Waals surface area contributed by atoms with Crippen LogP contribution in [0.5, 0.6) is 0 Å². The number of benzene rings is 9. The third-order valence-electron chi connectivity index (χ3n) is 14.2. The minimum atomic E-state index is 0.610. The van der Waals surface area contributed by atoms with Gasteiger partial charge in [0.1, 0.15) is 22.3 Å². The van der Waals surface area contributed by atoms with E-state index in [2.05, 4.69) is 155 Å². The molecule has 5 aromatic heterocycles. The van der Waals surface area contributed by atoms with Crippen LogP contribution in [0.1, 0.15) is 12.8 Å². The molecule has 7 heteroatoms. The molecule has 9 aromatic carbocycles. The number of hydrogen-bond acceptors (Lipinski definition) is 5. The zero-order valence-electron chi connectivity index (χ0n) is 37.7. The number of aromatic nitrogens is 5. The molecule has 0 radical (unpaired) electrons. The van der Waals surface area contributed by atoms with E-state index in [-0.39, 0.29) is 0 Å². The molecule has 15 rings (SSSR count). The predicted molar refractivity (Wildman–Crippen MR) is 286 cm³/mol. The zero-order chi connectivity index (χ0) is 45.9. The maximum atomic E-state index is 6.87. The minimum Gasteiger partial charge on any atom is -0.456 e. The van der Waals surface area contributed by atoms with Crippen molar-refractivity contribution < 1.29 is 8.83 Å². The second kappa shape index (κ2) is 15.1. The monoisotopic (exact) mass is 897 g/mol. The standard InChI is InChI=1S/C63H39N5O2/c1-4-15-38(16-5-1)61-64-62(39-17-6-2-7-18-39)66-63(65-61)42-19-14-22-44(31-42)68-53-25-12-10-23-45(53)49-34-52-47-29-27-41(33-58(47)70-60(52)36-55(49)68)40-28-30-54-48(32-40)50-35-51-46-24-11-13-26-57(46)69-59(51)37-56(50)67(54)43-20-8-3-9-21-43/h1-8,10-20,22-37H,9,21H2. The van der Waals surface area contributed by atoms with E-state index >= 15 is 0 Å². The number of nitrogens with zero attached hydrogens (tertiary/aromatic N) is 5. The fraction of sp³-hybridized carbons (Fsp3) is 0.0317. The smallest absolute Gasteiger partial charge is 0.164 e. The van der Waals surface area contributed by atoms with E-state index < -0.39 is 0 Å². The largest absolute Gasteiger partial charge is 0.456 e. The molecule has 0 amide bonds. The summed E-state index contributed by atoms with van der Waals surface area (Å²) in [6.07, 6.45) is 8.66. The first kappa shape index (κ1) is 38.7. The van der Waals surface area contributed by atoms with Crippen LogP contribution in [0.15, 0.2) is 221 Å². The van der Waals surface area contributed by atoms with Crippen LogP contribution in [-0.2, 0) is 0 Å². The van der Waals surface area contributed by atoms with E-state index in [1.165, 1.54) is 27.4 Å². The van der Waals surface area contributed by atoms with Crippen LogP contribution >= 0.6 is 0 Å². The Bertz CT molecular complexity index is 4470. The van der Waals surface area contributed by atoms with E-state index in [4.69, 9.17) is 23.8 Å². The van der Waals surface area contributed by atoms with Crippen molar-refractivity contribution in [3.63, 3.8) is 0 Å². The maximum absolute atomic E-state index is 6.87. The van der Waals surface area contributed by atoms with Gasteiger partial charge >= 0.3 is 0 Å². The summed E-state index contributed by atoms with van der Waals surface area (Å²) in [4.78, 5) is 15.0. The highest BCUT2D eigenvalue weighted by Gasteiger charge is 2.21. The molecule has 0 bridgehead atoms. The Morgan fingerprint density at radius 3 is 1.64 bits per heavy atom. The summed E-state index contributed by atoms with van der Waals surface area (Å²) in [6, 6.07) is 68.2. The first-order valence-electron chi connectivity index (χ1n) is 23.8. The van der Waals surface area contributed by atoms with Crippen molar-refractivity contribution in [2.24, 2.45) is 0 Å². The molecule has 7 nitrogen and oxygen atoms in total. The van der Waals surface area contributed by atoms with Gasteiger partial charge < -0.3 is 18.0 Å². The third kappa shape index (κ3) is 5.98. The van der Waals surface area contributed by atoms with Crippen LogP contribution in [-0.4, -0.2) is 24.1 Å². The van der Waals surface area contributed by atoms with E-state index in [1.807, 2.05) is 66.7 Å². The summed E-state index contributed by atoms with van der Waals surface area (Å²) in [5.74, 6) is 1.87. The van der Waals surface area contributed by atoms with Crippen LogP contribution in [0, 0.1) is 0 Å². The van der Waals surface area contributed by atoms with Gasteiger partial charge in [0, 0.05) is 83.3 Å². The van der Waals surface area contributed by atoms with E-state index in [1.54, 1.807) is 0 Å². The maximum Gasteiger partial charge on any atom is 0.164 e. The highest BCUT2D eigenvalue weighted by Crippen LogP contribution is 2.43. The number of fused-ring (bicyclic) bond motifs is 12. The number of hydrogen-bond donors (Lipinski definition) is 0. The van der Waals surface area contributed by atoms with Crippen molar-refractivity contribution in [1.29, 1.82) is 0 Å². The summed E-state index contributed by atoms with van der Waals surface area (Å²) in [7, 11) is 0. The average molecular weight is 898 g/mol. The Hall–Kier alpha value is -9.33. The Balaban J connectivity index is 0.865. The fourth-order valence-corrected chi connectivity index (χ4v) is 10.9. The highest BCUT2D eigenvalue weighted by molar-refractivity contribution is 6.20. The second-order valence-corrected chi connectivity index (χ2v) is 18.3. The van der Waals surface area contributed by atoms with Gasteiger partial charge in [-0.2, -0.15) is 0 Å². The van der Waals surface area contributed by atoms with Gasteiger partial charge in [0.15, 0.2) is 17.5 Å². The number of allylic oxidation sites excluding steroid dienone is 4. The van der Waals surface area contributed by atoms with Gasteiger partial charge in [0.25, 0.3) is 0 Å². The van der Waals surface area contributed by atoms with Crippen LogP contribution in [0.3, 0.4) is 0 Å². The molecule has 14 aromatic rings. The van der Waals surface area contributed by atoms with Gasteiger partial charge in [0.2, 0.25) is 0 Å². The Labute approximate surface area is 400 Å². The SMILES string of the molecule is C1=CCCC(n2c3ccc(-c4ccc5c(c4)oc4cc6c(cc45)c4ccccc4n6-c4cccc(-c5nc(-c6ccccc6)nc(-c6ccccc6)n5)c4)cc3c3cc4c(cc32)oc2ccccc24)=C1. The van der Waals surface area contributed by atoms with Crippen molar-refractivity contribution in [2.75, 3.05) is 0 Å². The van der Waals surface area contributed by atoms with Gasteiger partial charge in [-0.25, -0.2) is 15.0 Å². The molecule has 0 fully saturated rings. The molecule has 0 aliphatic heterocycles. The second-order valence-electron chi connectivity index (χ2n) is 18.3. The van der Waals surface area contributed by atoms with Crippen molar-refractivity contribution in [2.45, 2.75) is 12.8 Å². The molecule has 70 heavy (non-hydrogen) atoms. The van der Waals surface area contributed by atoms with E-state index in [9.17, 15) is 0 Å². The van der Waals surface area contributed by atoms with Crippen LogP contribution in [0.25, 0.3) is 144 Å². The minimum absolute atomic E-state index is 0.610. The lowest BCUT2D eigenvalue weighted by molar-refractivity contribution is 0.669. The molecule has 1 aliphatic carbocycles. The normalized spacial score (nSPS) is 13.1. The molecular formula is C63H39N5O2. The van der Waals surface area contributed by atoms with Gasteiger partial charge in [-0.1, -0.05) is 133 Å². The lowest BCUT2D eigenvalue weighted by Gasteiger charge is -2.14. The van der Waals surface area contributed by atoms with Gasteiger partial charge in [-0.3, -0.25) is 0 Å². The van der Waals surface area contributed by atoms with Crippen molar-refractivity contribution in [3.8, 4) is 51.0 Å². The number of para-hydroxylation sites is 2. The number of rotatable bonds is 6. The lowest BCUT2D eigenvalue weighted by atomic mass is 10.0. The quantitative estimate of drug-likeness (QED) is 0.166. The van der Waals surface area contributed by atoms with Crippen LogP contribution in [0.4, 0.5) is 0 Å². The van der Waals surface area contributed by atoms with Crippen molar-refractivity contribution >= 4 is 93.2 Å². The van der Waals surface area contributed by atoms with Gasteiger partial charge in [-0.05, 0) is 90.7 Å². The van der Waals surface area contributed by atoms with E-state index in [0.29, 0.717) is 17.5 Å². The van der Waals surface area contributed by atoms with Crippen LogP contribution in [0.2, 0.25) is 0 Å². The molecule has 5 heterocycles. The summed E-state index contributed by atoms with van der Waals surface area (Å²) in [5.41, 5.74) is 15.3. The molecule has 0 unspecified atom stereocenters. The summed E-state index contributed by atoms with van der Waals surface area (Å²) in [5, 5.41) is 9.18. The first-order chi connectivity index (χ1) is 34.7. The summed E-state index contributed by atoms with van der Waals surface area (Å²) in [6.45, 7) is 0. The molecule has 328 valence electrons. The van der Waals surface area contributed by atoms with Gasteiger partial charge in [0.05, 0.1) is 22.1 Å². The molecular weight excluding hydrogens is 859 g/mol. The van der Waals surface area contributed by atoms with Gasteiger partial charge in [-0.15, -0.1) is 0 Å². The van der Waals surface area contributed by atoms with Crippen LogP contribution < -0.4 is 0 Å². The summed E-state index contributed by atoms with van der Waals surface area (Å²) >= 11 is 0. The summed E-state index contributed by atoms with van der Waals surface area (Å²) < 4.78 is 18.0. The van der Waals surface area contributed by atoms with E-state index in [0.717, 1.165) is 112 Å².